The van der Waals surface area contributed by atoms with Crippen LogP contribution in [0.25, 0.3) is 0 Å². The van der Waals surface area contributed by atoms with Crippen molar-refractivity contribution in [2.75, 3.05) is 0 Å². The number of hydrogen-bond acceptors (Lipinski definition) is 3. The van der Waals surface area contributed by atoms with Gasteiger partial charge in [0.05, 0.1) is 6.07 Å². The molecule has 0 aliphatic rings. The van der Waals surface area contributed by atoms with Crippen molar-refractivity contribution in [2.45, 2.75) is 12.8 Å². The lowest BCUT2D eigenvalue weighted by molar-refractivity contribution is 0.403. The van der Waals surface area contributed by atoms with Gasteiger partial charge in [-0.1, -0.05) is 15.9 Å². The molecule has 3 nitrogen and oxygen atoms in total. The van der Waals surface area contributed by atoms with Gasteiger partial charge < -0.3 is 10.2 Å². The van der Waals surface area contributed by atoms with Crippen LogP contribution in [0.3, 0.4) is 0 Å². The second-order valence-electron chi connectivity index (χ2n) is 2.59. The fraction of sp³-hybridized carbons (Fsp3) is 0.222. The molecule has 0 radical (unpaired) electrons. The van der Waals surface area contributed by atoms with E-state index in [1.807, 2.05) is 6.07 Å². The lowest BCUT2D eigenvalue weighted by Gasteiger charge is -2.04. The minimum absolute atomic E-state index is 0.156. The number of phenols is 2. The van der Waals surface area contributed by atoms with Gasteiger partial charge >= 0.3 is 0 Å². The van der Waals surface area contributed by atoms with Crippen LogP contribution in [-0.2, 0) is 6.42 Å². The molecule has 0 bridgehead atoms. The molecule has 13 heavy (non-hydrogen) atoms. The predicted molar refractivity (Wildman–Crippen MR) is 51.4 cm³/mol. The average Bonchev–Trinajstić information content (AvgIpc) is 2.09. The fourth-order valence-corrected chi connectivity index (χ4v) is 1.51. The molecule has 0 unspecified atom stereocenters. The quantitative estimate of drug-likeness (QED) is 0.782. The van der Waals surface area contributed by atoms with Crippen LogP contribution >= 0.6 is 15.9 Å². The molecule has 1 rings (SSSR count). The van der Waals surface area contributed by atoms with Crippen LogP contribution in [0.15, 0.2) is 16.6 Å². The summed E-state index contributed by atoms with van der Waals surface area (Å²) in [6.07, 6.45) is 0.952. The molecule has 0 fully saturated rings. The number of hydrogen-bond donors (Lipinski definition) is 2. The standard InChI is InChI=1S/C9H8BrNO2/c10-7-5-9(13)8(12)4-6(7)2-1-3-11/h4-5,12-13H,1-2H2. The number of phenolic OH excluding ortho intramolecular Hbond substituents is 2. The van der Waals surface area contributed by atoms with E-state index in [2.05, 4.69) is 15.9 Å². The summed E-state index contributed by atoms with van der Waals surface area (Å²) >= 11 is 3.23. The molecular weight excluding hydrogens is 234 g/mol. The molecule has 0 atom stereocenters. The highest BCUT2D eigenvalue weighted by Crippen LogP contribution is 2.31. The minimum Gasteiger partial charge on any atom is -0.504 e. The van der Waals surface area contributed by atoms with E-state index in [1.54, 1.807) is 0 Å². The van der Waals surface area contributed by atoms with Crippen molar-refractivity contribution in [2.24, 2.45) is 0 Å². The number of aryl methyl sites for hydroxylation is 1. The summed E-state index contributed by atoms with van der Waals surface area (Å²) in [6.45, 7) is 0. The predicted octanol–water partition coefficient (Wildman–Crippen LogP) is 2.32. The molecule has 0 saturated carbocycles. The first-order valence-electron chi connectivity index (χ1n) is 3.72. The van der Waals surface area contributed by atoms with E-state index < -0.39 is 0 Å². The number of benzene rings is 1. The Balaban J connectivity index is 2.96. The van der Waals surface area contributed by atoms with E-state index in [1.165, 1.54) is 12.1 Å². The normalized spacial score (nSPS) is 9.54. The number of aromatic hydroxyl groups is 2. The summed E-state index contributed by atoms with van der Waals surface area (Å²) in [5.41, 5.74) is 0.817. The van der Waals surface area contributed by atoms with Crippen LogP contribution in [0, 0.1) is 11.3 Å². The zero-order valence-electron chi connectivity index (χ0n) is 6.79. The third kappa shape index (κ3) is 2.36. The third-order valence-electron chi connectivity index (χ3n) is 1.65. The molecule has 0 aliphatic heterocycles. The van der Waals surface area contributed by atoms with Crippen LogP contribution in [-0.4, -0.2) is 10.2 Å². The van der Waals surface area contributed by atoms with Crippen LogP contribution in [0.5, 0.6) is 11.5 Å². The molecule has 0 saturated heterocycles. The van der Waals surface area contributed by atoms with Crippen molar-refractivity contribution < 1.29 is 10.2 Å². The van der Waals surface area contributed by atoms with E-state index in [0.29, 0.717) is 17.3 Å². The fourth-order valence-electron chi connectivity index (χ4n) is 0.977. The lowest BCUT2D eigenvalue weighted by atomic mass is 10.1. The van der Waals surface area contributed by atoms with E-state index in [0.717, 1.165) is 5.56 Å². The highest BCUT2D eigenvalue weighted by atomic mass is 79.9. The molecule has 1 aromatic rings. The summed E-state index contributed by atoms with van der Waals surface area (Å²) in [6, 6.07) is 4.89. The molecule has 2 N–H and O–H groups in total. The maximum Gasteiger partial charge on any atom is 0.158 e. The van der Waals surface area contributed by atoms with Gasteiger partial charge in [0.2, 0.25) is 0 Å². The molecule has 0 aromatic heterocycles. The van der Waals surface area contributed by atoms with Crippen molar-refractivity contribution in [3.63, 3.8) is 0 Å². The Kier molecular flexibility index (Phi) is 3.15. The van der Waals surface area contributed by atoms with Gasteiger partial charge in [-0.25, -0.2) is 0 Å². The van der Waals surface area contributed by atoms with E-state index in [9.17, 15) is 5.11 Å². The highest BCUT2D eigenvalue weighted by molar-refractivity contribution is 9.10. The summed E-state index contributed by atoms with van der Waals surface area (Å²) in [4.78, 5) is 0. The van der Waals surface area contributed by atoms with Crippen molar-refractivity contribution in [3.05, 3.63) is 22.2 Å². The van der Waals surface area contributed by atoms with Crippen molar-refractivity contribution in [1.29, 1.82) is 5.26 Å². The van der Waals surface area contributed by atoms with Crippen LogP contribution in [0.2, 0.25) is 0 Å². The first kappa shape index (κ1) is 9.87. The molecule has 0 aliphatic carbocycles. The Morgan fingerprint density at radius 1 is 1.31 bits per heavy atom. The summed E-state index contributed by atoms with van der Waals surface area (Å²) < 4.78 is 0.707. The van der Waals surface area contributed by atoms with Gasteiger partial charge in [0, 0.05) is 10.9 Å². The van der Waals surface area contributed by atoms with Gasteiger partial charge in [-0.2, -0.15) is 5.26 Å². The molecule has 1 aromatic carbocycles. The highest BCUT2D eigenvalue weighted by Gasteiger charge is 2.05. The second-order valence-corrected chi connectivity index (χ2v) is 3.44. The second kappa shape index (κ2) is 4.15. The van der Waals surface area contributed by atoms with Crippen LogP contribution in [0.1, 0.15) is 12.0 Å². The topological polar surface area (TPSA) is 64.2 Å². The maximum absolute atomic E-state index is 9.17. The van der Waals surface area contributed by atoms with Crippen molar-refractivity contribution in [3.8, 4) is 17.6 Å². The van der Waals surface area contributed by atoms with Gasteiger partial charge in [0.15, 0.2) is 11.5 Å². The van der Waals surface area contributed by atoms with Gasteiger partial charge in [0.25, 0.3) is 0 Å². The third-order valence-corrected chi connectivity index (χ3v) is 2.39. The van der Waals surface area contributed by atoms with Gasteiger partial charge in [-0.3, -0.25) is 0 Å². The van der Waals surface area contributed by atoms with E-state index in [-0.39, 0.29) is 11.5 Å². The summed E-state index contributed by atoms with van der Waals surface area (Å²) in [5, 5.41) is 26.6. The zero-order valence-corrected chi connectivity index (χ0v) is 8.37. The Labute approximate surface area is 84.4 Å². The molecular formula is C9H8BrNO2. The van der Waals surface area contributed by atoms with Gasteiger partial charge in [-0.05, 0) is 24.1 Å². The van der Waals surface area contributed by atoms with Gasteiger partial charge in [0.1, 0.15) is 0 Å². The number of nitrogens with zero attached hydrogens (tertiary/aromatic N) is 1. The number of halogens is 1. The summed E-state index contributed by atoms with van der Waals surface area (Å²) in [5.74, 6) is -0.316. The molecule has 0 heterocycles. The minimum atomic E-state index is -0.160. The molecule has 4 heteroatoms. The SMILES string of the molecule is N#CCCc1cc(O)c(O)cc1Br. The smallest absolute Gasteiger partial charge is 0.158 e. The molecule has 68 valence electrons. The van der Waals surface area contributed by atoms with E-state index >= 15 is 0 Å². The molecule has 0 spiro atoms. The van der Waals surface area contributed by atoms with Crippen LogP contribution in [0.4, 0.5) is 0 Å². The zero-order chi connectivity index (χ0) is 9.84. The average molecular weight is 242 g/mol. The molecule has 0 amide bonds. The van der Waals surface area contributed by atoms with Crippen molar-refractivity contribution >= 4 is 15.9 Å². The maximum atomic E-state index is 9.17. The Morgan fingerprint density at radius 2 is 1.92 bits per heavy atom. The first-order chi connectivity index (χ1) is 6.15. The lowest BCUT2D eigenvalue weighted by Crippen LogP contribution is -1.85. The Hall–Kier alpha value is -1.21. The van der Waals surface area contributed by atoms with Crippen LogP contribution < -0.4 is 0 Å². The Morgan fingerprint density at radius 3 is 2.54 bits per heavy atom. The van der Waals surface area contributed by atoms with E-state index in [4.69, 9.17) is 10.4 Å². The van der Waals surface area contributed by atoms with Gasteiger partial charge in [-0.15, -0.1) is 0 Å². The first-order valence-corrected chi connectivity index (χ1v) is 4.51. The largest absolute Gasteiger partial charge is 0.504 e. The number of nitriles is 1. The van der Waals surface area contributed by atoms with Crippen molar-refractivity contribution in [1.82, 2.24) is 0 Å². The monoisotopic (exact) mass is 241 g/mol. The summed E-state index contributed by atoms with van der Waals surface area (Å²) in [7, 11) is 0. The Bertz CT molecular complexity index is 357. The number of rotatable bonds is 2.